The van der Waals surface area contributed by atoms with Crippen LogP contribution < -0.4 is 5.32 Å². The Hall–Kier alpha value is -2.36. The summed E-state index contributed by atoms with van der Waals surface area (Å²) in [5, 5.41) is 5.31. The average molecular weight is 351 g/mol. The van der Waals surface area contributed by atoms with Crippen LogP contribution in [0.15, 0.2) is 72.8 Å². The molecule has 1 heterocycles. The van der Waals surface area contributed by atoms with E-state index in [1.165, 1.54) is 10.3 Å². The van der Waals surface area contributed by atoms with Gasteiger partial charge in [0.05, 0.1) is 10.2 Å². The van der Waals surface area contributed by atoms with Crippen molar-refractivity contribution in [2.45, 2.75) is 6.54 Å². The molecule has 0 fully saturated rings. The molecule has 0 unspecified atom stereocenters. The molecule has 1 N–H and O–H groups in total. The van der Waals surface area contributed by atoms with Gasteiger partial charge < -0.3 is 5.32 Å². The van der Waals surface area contributed by atoms with Crippen LogP contribution in [0.3, 0.4) is 0 Å². The molecule has 0 radical (unpaired) electrons. The molecule has 0 aliphatic heterocycles. The number of benzene rings is 3. The molecular formula is C20H15ClN2S. The highest BCUT2D eigenvalue weighted by Gasteiger charge is 2.10. The largest absolute Gasteiger partial charge is 0.380 e. The average Bonchev–Trinajstić information content (AvgIpc) is 3.05. The zero-order valence-electron chi connectivity index (χ0n) is 12.9. The standard InChI is InChI=1S/C20H15ClN2S/c21-15-11-9-14(10-12-15)13-22-17-6-2-1-5-16(17)20-23-18-7-3-4-8-19(18)24-20/h1-12,22H,13H2. The quantitative estimate of drug-likeness (QED) is 0.472. The molecule has 0 amide bonds. The van der Waals surface area contributed by atoms with Crippen molar-refractivity contribution in [3.05, 3.63) is 83.4 Å². The van der Waals surface area contributed by atoms with Crippen LogP contribution >= 0.6 is 22.9 Å². The first-order valence-electron chi connectivity index (χ1n) is 7.73. The molecule has 4 heteroatoms. The molecule has 0 spiro atoms. The van der Waals surface area contributed by atoms with Crippen LogP contribution in [0.5, 0.6) is 0 Å². The fraction of sp³-hybridized carbons (Fsp3) is 0.0500. The van der Waals surface area contributed by atoms with Crippen molar-refractivity contribution in [1.29, 1.82) is 0 Å². The highest BCUT2D eigenvalue weighted by atomic mass is 35.5. The van der Waals surface area contributed by atoms with Gasteiger partial charge in [0.25, 0.3) is 0 Å². The minimum atomic E-state index is 0.749. The van der Waals surface area contributed by atoms with E-state index >= 15 is 0 Å². The number of aromatic nitrogens is 1. The Balaban J connectivity index is 1.63. The van der Waals surface area contributed by atoms with Gasteiger partial charge in [-0.05, 0) is 42.0 Å². The first kappa shape index (κ1) is 15.2. The van der Waals surface area contributed by atoms with Gasteiger partial charge in [0.15, 0.2) is 0 Å². The number of fused-ring (bicyclic) bond motifs is 1. The van der Waals surface area contributed by atoms with Crippen molar-refractivity contribution in [3.8, 4) is 10.6 Å². The van der Waals surface area contributed by atoms with Crippen LogP contribution in [-0.2, 0) is 6.54 Å². The minimum absolute atomic E-state index is 0.749. The van der Waals surface area contributed by atoms with E-state index in [-0.39, 0.29) is 0 Å². The topological polar surface area (TPSA) is 24.9 Å². The van der Waals surface area contributed by atoms with Crippen LogP contribution in [0.1, 0.15) is 5.56 Å². The lowest BCUT2D eigenvalue weighted by Gasteiger charge is -2.10. The highest BCUT2D eigenvalue weighted by Crippen LogP contribution is 2.34. The molecule has 0 aliphatic carbocycles. The van der Waals surface area contributed by atoms with E-state index in [1.54, 1.807) is 11.3 Å². The molecule has 2 nitrogen and oxygen atoms in total. The monoisotopic (exact) mass is 350 g/mol. The van der Waals surface area contributed by atoms with Crippen LogP contribution in [0.2, 0.25) is 5.02 Å². The second kappa shape index (κ2) is 6.63. The summed E-state index contributed by atoms with van der Waals surface area (Å²) < 4.78 is 1.21. The summed E-state index contributed by atoms with van der Waals surface area (Å²) in [5.74, 6) is 0. The van der Waals surface area contributed by atoms with Gasteiger partial charge in [0.1, 0.15) is 5.01 Å². The summed E-state index contributed by atoms with van der Waals surface area (Å²) in [7, 11) is 0. The van der Waals surface area contributed by atoms with Crippen LogP contribution in [0, 0.1) is 0 Å². The Morgan fingerprint density at radius 3 is 2.46 bits per heavy atom. The molecule has 4 aromatic rings. The number of hydrogen-bond donors (Lipinski definition) is 1. The van der Waals surface area contributed by atoms with Gasteiger partial charge in [-0.2, -0.15) is 0 Å². The van der Waals surface area contributed by atoms with Crippen molar-refractivity contribution in [2.24, 2.45) is 0 Å². The molecule has 24 heavy (non-hydrogen) atoms. The first-order chi connectivity index (χ1) is 11.8. The number of hydrogen-bond acceptors (Lipinski definition) is 3. The summed E-state index contributed by atoms with van der Waals surface area (Å²) in [4.78, 5) is 4.77. The summed E-state index contributed by atoms with van der Waals surface area (Å²) in [6.45, 7) is 0.749. The van der Waals surface area contributed by atoms with Gasteiger partial charge in [-0.1, -0.05) is 48.0 Å². The minimum Gasteiger partial charge on any atom is -0.380 e. The van der Waals surface area contributed by atoms with Gasteiger partial charge in [-0.25, -0.2) is 4.98 Å². The van der Waals surface area contributed by atoms with Gasteiger partial charge in [-0.15, -0.1) is 11.3 Å². The van der Waals surface area contributed by atoms with Crippen LogP contribution in [0.25, 0.3) is 20.8 Å². The van der Waals surface area contributed by atoms with E-state index in [0.29, 0.717) is 0 Å². The Morgan fingerprint density at radius 2 is 1.62 bits per heavy atom. The van der Waals surface area contributed by atoms with E-state index in [9.17, 15) is 0 Å². The lowest BCUT2D eigenvalue weighted by Crippen LogP contribution is -2.00. The Kier molecular flexibility index (Phi) is 4.20. The molecule has 0 saturated carbocycles. The molecule has 118 valence electrons. The maximum Gasteiger partial charge on any atom is 0.126 e. The number of halogens is 1. The third kappa shape index (κ3) is 3.14. The lowest BCUT2D eigenvalue weighted by molar-refractivity contribution is 1.15. The summed E-state index contributed by atoms with van der Waals surface area (Å²) in [6.07, 6.45) is 0. The van der Waals surface area contributed by atoms with E-state index in [1.807, 2.05) is 36.4 Å². The van der Waals surface area contributed by atoms with Crippen molar-refractivity contribution in [3.63, 3.8) is 0 Å². The third-order valence-electron chi connectivity index (χ3n) is 3.85. The number of nitrogens with zero attached hydrogens (tertiary/aromatic N) is 1. The smallest absolute Gasteiger partial charge is 0.126 e. The van der Waals surface area contributed by atoms with E-state index in [2.05, 4.69) is 41.7 Å². The Labute approximate surface area is 149 Å². The molecule has 4 rings (SSSR count). The zero-order chi connectivity index (χ0) is 16.4. The molecule has 0 aliphatic rings. The second-order valence-electron chi connectivity index (χ2n) is 5.51. The summed E-state index contributed by atoms with van der Waals surface area (Å²) >= 11 is 7.67. The first-order valence-corrected chi connectivity index (χ1v) is 8.92. The maximum absolute atomic E-state index is 5.95. The summed E-state index contributed by atoms with van der Waals surface area (Å²) in [5.41, 5.74) is 4.46. The number of anilines is 1. The number of nitrogens with one attached hydrogen (secondary N) is 1. The molecular weight excluding hydrogens is 336 g/mol. The number of thiazole rings is 1. The van der Waals surface area contributed by atoms with Gasteiger partial charge in [0.2, 0.25) is 0 Å². The van der Waals surface area contributed by atoms with E-state index in [0.717, 1.165) is 33.3 Å². The van der Waals surface area contributed by atoms with Gasteiger partial charge in [0, 0.05) is 22.8 Å². The molecule has 0 atom stereocenters. The third-order valence-corrected chi connectivity index (χ3v) is 5.17. The van der Waals surface area contributed by atoms with Crippen LogP contribution in [0.4, 0.5) is 5.69 Å². The van der Waals surface area contributed by atoms with Crippen LogP contribution in [-0.4, -0.2) is 4.98 Å². The zero-order valence-corrected chi connectivity index (χ0v) is 14.4. The van der Waals surface area contributed by atoms with E-state index < -0.39 is 0 Å². The molecule has 0 bridgehead atoms. The number of para-hydroxylation sites is 2. The lowest BCUT2D eigenvalue weighted by atomic mass is 10.1. The van der Waals surface area contributed by atoms with Crippen molar-refractivity contribution < 1.29 is 0 Å². The Morgan fingerprint density at radius 1 is 0.875 bits per heavy atom. The molecule has 0 saturated heterocycles. The van der Waals surface area contributed by atoms with Crippen molar-refractivity contribution in [1.82, 2.24) is 4.98 Å². The SMILES string of the molecule is Clc1ccc(CNc2ccccc2-c2nc3ccccc3s2)cc1. The predicted octanol–water partition coefficient (Wildman–Crippen LogP) is 6.23. The predicted molar refractivity (Wildman–Crippen MR) is 104 cm³/mol. The van der Waals surface area contributed by atoms with E-state index in [4.69, 9.17) is 16.6 Å². The Bertz CT molecular complexity index is 943. The second-order valence-corrected chi connectivity index (χ2v) is 6.98. The maximum atomic E-state index is 5.95. The van der Waals surface area contributed by atoms with Crippen molar-refractivity contribution >= 4 is 38.8 Å². The van der Waals surface area contributed by atoms with Crippen molar-refractivity contribution in [2.75, 3.05) is 5.32 Å². The normalized spacial score (nSPS) is 10.9. The fourth-order valence-electron chi connectivity index (χ4n) is 2.61. The molecule has 3 aromatic carbocycles. The van der Waals surface area contributed by atoms with Gasteiger partial charge >= 0.3 is 0 Å². The van der Waals surface area contributed by atoms with Gasteiger partial charge in [-0.3, -0.25) is 0 Å². The highest BCUT2D eigenvalue weighted by molar-refractivity contribution is 7.21. The number of rotatable bonds is 4. The summed E-state index contributed by atoms with van der Waals surface area (Å²) in [6, 6.07) is 24.4. The molecule has 1 aromatic heterocycles. The fourth-order valence-corrected chi connectivity index (χ4v) is 3.74.